The lowest BCUT2D eigenvalue weighted by Gasteiger charge is -2.03. The summed E-state index contributed by atoms with van der Waals surface area (Å²) in [5.41, 5.74) is 4.92. The molecule has 4 N–H and O–H groups in total. The second-order valence-electron chi connectivity index (χ2n) is 2.00. The van der Waals surface area contributed by atoms with Crippen molar-refractivity contribution in [2.45, 2.75) is 6.42 Å². The molecule has 12 heavy (non-hydrogen) atoms. The van der Waals surface area contributed by atoms with Gasteiger partial charge in [-0.1, -0.05) is 24.0 Å². The second-order valence-corrected chi connectivity index (χ2v) is 3.77. The highest BCUT2D eigenvalue weighted by Crippen LogP contribution is 2.02. The van der Waals surface area contributed by atoms with Gasteiger partial charge in [-0.05, 0) is 0 Å². The smallest absolute Gasteiger partial charge is 0.218 e. The van der Waals surface area contributed by atoms with Crippen molar-refractivity contribution in [2.24, 2.45) is 5.73 Å². The van der Waals surface area contributed by atoms with E-state index in [0.717, 1.165) is 0 Å². The number of primary amides is 1. The molecule has 0 aromatic heterocycles. The molecule has 0 spiro atoms. The first kappa shape index (κ1) is 11.7. The van der Waals surface area contributed by atoms with Gasteiger partial charge in [0.05, 0.1) is 6.61 Å². The minimum absolute atomic E-state index is 0.0521. The molecule has 0 saturated carbocycles. The van der Waals surface area contributed by atoms with Crippen molar-refractivity contribution in [3.63, 3.8) is 0 Å². The predicted molar refractivity (Wildman–Crippen MR) is 54.0 cm³/mol. The summed E-state index contributed by atoms with van der Waals surface area (Å²) in [5, 5.41) is 11.2. The third-order valence-electron chi connectivity index (χ3n) is 0.963. The molecule has 0 bridgehead atoms. The molecule has 0 rings (SSSR count). The molecule has 0 heterocycles. The van der Waals surface area contributed by atoms with Crippen LogP contribution in [0.1, 0.15) is 6.42 Å². The Labute approximate surface area is 80.9 Å². The van der Waals surface area contributed by atoms with Crippen molar-refractivity contribution >= 4 is 34.2 Å². The Balaban J connectivity index is 3.25. The van der Waals surface area contributed by atoms with Crippen molar-refractivity contribution in [3.8, 4) is 0 Å². The van der Waals surface area contributed by atoms with Gasteiger partial charge in [-0.2, -0.15) is 0 Å². The average Bonchev–Trinajstić information content (AvgIpc) is 2.00. The monoisotopic (exact) mass is 208 g/mol. The molecule has 1 amide bonds. The van der Waals surface area contributed by atoms with Gasteiger partial charge in [0.1, 0.15) is 4.32 Å². The van der Waals surface area contributed by atoms with Crippen molar-refractivity contribution in [1.29, 1.82) is 0 Å². The van der Waals surface area contributed by atoms with E-state index >= 15 is 0 Å². The fraction of sp³-hybridized carbons (Fsp3) is 0.667. The van der Waals surface area contributed by atoms with E-state index in [2.05, 4.69) is 5.32 Å². The number of nitrogens with one attached hydrogen (secondary N) is 1. The van der Waals surface area contributed by atoms with Crippen LogP contribution >= 0.6 is 24.0 Å². The Morgan fingerprint density at radius 2 is 2.33 bits per heavy atom. The molecule has 0 aliphatic carbocycles. The van der Waals surface area contributed by atoms with Gasteiger partial charge >= 0.3 is 0 Å². The molecule has 0 atom stereocenters. The topological polar surface area (TPSA) is 75.4 Å². The lowest BCUT2D eigenvalue weighted by atomic mass is 10.5. The minimum Gasteiger partial charge on any atom is -0.395 e. The molecule has 70 valence electrons. The summed E-state index contributed by atoms with van der Waals surface area (Å²) in [6, 6.07) is 0. The Morgan fingerprint density at radius 3 is 2.83 bits per heavy atom. The van der Waals surface area contributed by atoms with Crippen molar-refractivity contribution in [2.75, 3.05) is 18.9 Å². The van der Waals surface area contributed by atoms with Crippen LogP contribution in [0.15, 0.2) is 0 Å². The molecule has 0 saturated heterocycles. The number of rotatable bonds is 5. The van der Waals surface area contributed by atoms with Crippen LogP contribution in [-0.2, 0) is 4.79 Å². The molecular weight excluding hydrogens is 196 g/mol. The maximum absolute atomic E-state index is 10.3. The van der Waals surface area contributed by atoms with E-state index in [9.17, 15) is 4.79 Å². The molecule has 4 nitrogen and oxygen atoms in total. The quantitative estimate of drug-likeness (QED) is 0.529. The first-order valence-electron chi connectivity index (χ1n) is 3.46. The number of amides is 1. The Hall–Kier alpha value is -0.330. The molecular formula is C6H12N2O2S2. The first-order chi connectivity index (χ1) is 5.66. The van der Waals surface area contributed by atoms with Gasteiger partial charge in [0.25, 0.3) is 0 Å². The standard InChI is InChI=1S/C6H12N2O2S2/c7-5(10)1-4-12-6(11)8-2-3-9/h9H,1-4H2,(H2,7,10)(H,8,11). The van der Waals surface area contributed by atoms with E-state index in [-0.39, 0.29) is 12.5 Å². The van der Waals surface area contributed by atoms with Crippen LogP contribution < -0.4 is 11.1 Å². The van der Waals surface area contributed by atoms with Crippen molar-refractivity contribution in [1.82, 2.24) is 5.32 Å². The van der Waals surface area contributed by atoms with Crippen LogP contribution in [-0.4, -0.2) is 34.2 Å². The third-order valence-corrected chi connectivity index (χ3v) is 2.28. The molecule has 0 unspecified atom stereocenters. The SMILES string of the molecule is NC(=O)CCSC(=S)NCCO. The molecule has 0 aromatic carbocycles. The van der Waals surface area contributed by atoms with Crippen LogP contribution in [0.25, 0.3) is 0 Å². The fourth-order valence-corrected chi connectivity index (χ4v) is 1.50. The van der Waals surface area contributed by atoms with E-state index in [0.29, 0.717) is 23.0 Å². The Bertz CT molecular complexity index is 164. The van der Waals surface area contributed by atoms with E-state index in [1.54, 1.807) is 0 Å². The Kier molecular flexibility index (Phi) is 7.12. The molecule has 0 aliphatic heterocycles. The predicted octanol–water partition coefficient (Wildman–Crippen LogP) is -0.538. The van der Waals surface area contributed by atoms with Gasteiger partial charge in [0, 0.05) is 18.7 Å². The number of aliphatic hydroxyl groups is 1. The molecule has 0 aliphatic rings. The summed E-state index contributed by atoms with van der Waals surface area (Å²) < 4.78 is 0.588. The minimum atomic E-state index is -0.326. The number of aliphatic hydroxyl groups excluding tert-OH is 1. The molecule has 0 radical (unpaired) electrons. The van der Waals surface area contributed by atoms with Crippen LogP contribution in [0.3, 0.4) is 0 Å². The highest BCUT2D eigenvalue weighted by Gasteiger charge is 1.98. The third kappa shape index (κ3) is 7.77. The summed E-state index contributed by atoms with van der Waals surface area (Å²) >= 11 is 6.21. The van der Waals surface area contributed by atoms with Gasteiger partial charge in [-0.25, -0.2) is 0 Å². The number of carbonyl (C=O) groups is 1. The lowest BCUT2D eigenvalue weighted by Crippen LogP contribution is -2.22. The van der Waals surface area contributed by atoms with Crippen molar-refractivity contribution in [3.05, 3.63) is 0 Å². The van der Waals surface area contributed by atoms with Gasteiger partial charge in [-0.3, -0.25) is 4.79 Å². The fourth-order valence-electron chi connectivity index (χ4n) is 0.453. The average molecular weight is 208 g/mol. The van der Waals surface area contributed by atoms with Gasteiger partial charge in [0.2, 0.25) is 5.91 Å². The van der Waals surface area contributed by atoms with Crippen LogP contribution in [0.5, 0.6) is 0 Å². The van der Waals surface area contributed by atoms with E-state index in [1.807, 2.05) is 0 Å². The van der Waals surface area contributed by atoms with Crippen molar-refractivity contribution < 1.29 is 9.90 Å². The summed E-state index contributed by atoms with van der Waals surface area (Å²) in [7, 11) is 0. The highest BCUT2D eigenvalue weighted by atomic mass is 32.2. The van der Waals surface area contributed by atoms with Gasteiger partial charge in [0.15, 0.2) is 0 Å². The van der Waals surface area contributed by atoms with Crippen LogP contribution in [0, 0.1) is 0 Å². The zero-order chi connectivity index (χ0) is 9.40. The highest BCUT2D eigenvalue weighted by molar-refractivity contribution is 8.22. The zero-order valence-corrected chi connectivity index (χ0v) is 8.21. The summed E-state index contributed by atoms with van der Waals surface area (Å²) in [5.74, 6) is 0.263. The number of thiocarbonyl (C=S) groups is 1. The maximum Gasteiger partial charge on any atom is 0.218 e. The van der Waals surface area contributed by atoms with Gasteiger partial charge < -0.3 is 16.2 Å². The first-order valence-corrected chi connectivity index (χ1v) is 4.86. The zero-order valence-electron chi connectivity index (χ0n) is 6.58. The summed E-state index contributed by atoms with van der Waals surface area (Å²) in [6.07, 6.45) is 0.325. The second kappa shape index (κ2) is 7.33. The molecule has 0 aromatic rings. The van der Waals surface area contributed by atoms with Gasteiger partial charge in [-0.15, -0.1) is 0 Å². The largest absolute Gasteiger partial charge is 0.395 e. The molecule has 6 heteroatoms. The number of hydrogen-bond donors (Lipinski definition) is 3. The number of thioether (sulfide) groups is 1. The van der Waals surface area contributed by atoms with E-state index in [1.165, 1.54) is 11.8 Å². The normalized spacial score (nSPS) is 9.42. The van der Waals surface area contributed by atoms with E-state index < -0.39 is 0 Å². The Morgan fingerprint density at radius 1 is 1.67 bits per heavy atom. The van der Waals surface area contributed by atoms with E-state index in [4.69, 9.17) is 23.1 Å². The van der Waals surface area contributed by atoms with Crippen LogP contribution in [0.2, 0.25) is 0 Å². The number of nitrogens with two attached hydrogens (primary N) is 1. The summed E-state index contributed by atoms with van der Waals surface area (Å²) in [6.45, 7) is 0.499. The lowest BCUT2D eigenvalue weighted by molar-refractivity contribution is -0.117. The maximum atomic E-state index is 10.3. The summed E-state index contributed by atoms with van der Waals surface area (Å²) in [4.78, 5) is 10.3. The number of carbonyl (C=O) groups excluding carboxylic acids is 1. The van der Waals surface area contributed by atoms with Crippen LogP contribution in [0.4, 0.5) is 0 Å². The number of hydrogen-bond acceptors (Lipinski definition) is 4. The molecule has 0 fully saturated rings.